The lowest BCUT2D eigenvalue weighted by Crippen LogP contribution is -2.34. The molecular formula is C18H27NO2. The van der Waals surface area contributed by atoms with Crippen LogP contribution in [0.25, 0.3) is 0 Å². The topological polar surface area (TPSA) is 40.5 Å². The molecule has 1 aromatic carbocycles. The lowest BCUT2D eigenvalue weighted by atomic mass is 9.83. The minimum atomic E-state index is -0.848. The van der Waals surface area contributed by atoms with E-state index in [1.165, 1.54) is 38.5 Å². The van der Waals surface area contributed by atoms with Crippen LogP contribution in [0, 0.1) is 5.92 Å². The van der Waals surface area contributed by atoms with Crippen LogP contribution in [0.1, 0.15) is 61.4 Å². The Bertz CT molecular complexity index is 464. The van der Waals surface area contributed by atoms with Gasteiger partial charge in [0.15, 0.2) is 0 Å². The van der Waals surface area contributed by atoms with E-state index < -0.39 is 5.97 Å². The number of rotatable bonds is 6. The molecule has 1 aliphatic carbocycles. The van der Waals surface area contributed by atoms with E-state index in [4.69, 9.17) is 5.11 Å². The highest BCUT2D eigenvalue weighted by atomic mass is 16.4. The number of benzene rings is 1. The number of hydrogen-bond donors (Lipinski definition) is 1. The zero-order chi connectivity index (χ0) is 15.2. The highest BCUT2D eigenvalue weighted by Gasteiger charge is 2.23. The number of hydrogen-bond acceptors (Lipinski definition) is 2. The van der Waals surface area contributed by atoms with E-state index >= 15 is 0 Å². The van der Waals surface area contributed by atoms with Gasteiger partial charge in [-0.3, -0.25) is 4.90 Å². The molecule has 3 nitrogen and oxygen atoms in total. The van der Waals surface area contributed by atoms with E-state index in [1.807, 2.05) is 12.1 Å². The molecule has 0 amide bonds. The van der Waals surface area contributed by atoms with Crippen LogP contribution in [0.2, 0.25) is 0 Å². The number of carbonyl (C=O) groups is 1. The molecule has 1 aromatic rings. The molecule has 2 rings (SSSR count). The fraction of sp³-hybridized carbons (Fsp3) is 0.611. The van der Waals surface area contributed by atoms with Crippen molar-refractivity contribution in [3.8, 4) is 0 Å². The molecule has 21 heavy (non-hydrogen) atoms. The Morgan fingerprint density at radius 3 is 2.62 bits per heavy atom. The van der Waals surface area contributed by atoms with Crippen LogP contribution in [-0.4, -0.2) is 29.1 Å². The van der Waals surface area contributed by atoms with Crippen LogP contribution in [0.4, 0.5) is 0 Å². The van der Waals surface area contributed by atoms with Gasteiger partial charge in [0.05, 0.1) is 5.56 Å². The monoisotopic (exact) mass is 289 g/mol. The number of nitrogens with zero attached hydrogens (tertiary/aromatic N) is 1. The molecule has 1 N–H and O–H groups in total. The zero-order valence-corrected chi connectivity index (χ0v) is 13.2. The van der Waals surface area contributed by atoms with Crippen LogP contribution >= 0.6 is 0 Å². The summed E-state index contributed by atoms with van der Waals surface area (Å²) in [6, 6.07) is 7.95. The van der Waals surface area contributed by atoms with Gasteiger partial charge in [0, 0.05) is 12.6 Å². The van der Waals surface area contributed by atoms with Crippen LogP contribution in [0.5, 0.6) is 0 Å². The van der Waals surface area contributed by atoms with Gasteiger partial charge in [-0.05, 0) is 56.3 Å². The smallest absolute Gasteiger partial charge is 0.335 e. The number of carboxylic acid groups (broad SMARTS) is 1. The highest BCUT2D eigenvalue weighted by molar-refractivity contribution is 5.87. The van der Waals surface area contributed by atoms with E-state index in [0.29, 0.717) is 11.6 Å². The van der Waals surface area contributed by atoms with Gasteiger partial charge in [-0.15, -0.1) is 0 Å². The summed E-state index contributed by atoms with van der Waals surface area (Å²) in [6.45, 7) is 3.11. The van der Waals surface area contributed by atoms with Crippen molar-refractivity contribution in [3.05, 3.63) is 35.4 Å². The van der Waals surface area contributed by atoms with Gasteiger partial charge in [-0.2, -0.15) is 0 Å². The van der Waals surface area contributed by atoms with Crippen molar-refractivity contribution in [2.75, 3.05) is 7.05 Å². The Balaban J connectivity index is 1.88. The molecule has 0 saturated heterocycles. The van der Waals surface area contributed by atoms with Gasteiger partial charge < -0.3 is 5.11 Å². The molecular weight excluding hydrogens is 262 g/mol. The minimum Gasteiger partial charge on any atom is -0.478 e. The largest absolute Gasteiger partial charge is 0.478 e. The van der Waals surface area contributed by atoms with Crippen LogP contribution in [0.15, 0.2) is 24.3 Å². The van der Waals surface area contributed by atoms with Gasteiger partial charge in [0.2, 0.25) is 0 Å². The van der Waals surface area contributed by atoms with E-state index in [2.05, 4.69) is 18.9 Å². The lowest BCUT2D eigenvalue weighted by molar-refractivity contribution is 0.0696. The fourth-order valence-corrected chi connectivity index (χ4v) is 3.50. The molecule has 0 aromatic heterocycles. The molecule has 116 valence electrons. The average molecular weight is 289 g/mol. The van der Waals surface area contributed by atoms with Crippen molar-refractivity contribution in [1.29, 1.82) is 0 Å². The molecule has 1 fully saturated rings. The van der Waals surface area contributed by atoms with Crippen LogP contribution in [-0.2, 0) is 6.54 Å². The molecule has 0 bridgehead atoms. The average Bonchev–Trinajstić information content (AvgIpc) is 2.48. The second-order valence-electron chi connectivity index (χ2n) is 6.38. The van der Waals surface area contributed by atoms with Gasteiger partial charge in [-0.25, -0.2) is 4.79 Å². The molecule has 3 heteroatoms. The summed E-state index contributed by atoms with van der Waals surface area (Å²) in [4.78, 5) is 13.4. The molecule has 0 aliphatic heterocycles. The summed E-state index contributed by atoms with van der Waals surface area (Å²) >= 11 is 0. The van der Waals surface area contributed by atoms with E-state index in [1.54, 1.807) is 12.1 Å². The van der Waals surface area contributed by atoms with Crippen molar-refractivity contribution >= 4 is 5.97 Å². The summed E-state index contributed by atoms with van der Waals surface area (Å²) in [5.41, 5.74) is 1.47. The van der Waals surface area contributed by atoms with Crippen molar-refractivity contribution < 1.29 is 9.90 Å². The maximum absolute atomic E-state index is 11.0. The standard InChI is InChI=1S/C18H27NO2/c1-3-5-14-8-10-17(11-9-14)19(2)13-15-6-4-7-16(12-15)18(20)21/h4,6-7,12,14,17H,3,5,8-11,13H2,1-2H3,(H,20,21). The number of aromatic carboxylic acids is 1. The van der Waals surface area contributed by atoms with E-state index in [0.717, 1.165) is 18.0 Å². The van der Waals surface area contributed by atoms with Crippen molar-refractivity contribution in [2.24, 2.45) is 5.92 Å². The first-order chi connectivity index (χ1) is 10.1. The summed E-state index contributed by atoms with van der Waals surface area (Å²) < 4.78 is 0. The minimum absolute atomic E-state index is 0.382. The fourth-order valence-electron chi connectivity index (χ4n) is 3.50. The van der Waals surface area contributed by atoms with E-state index in [9.17, 15) is 4.79 Å². The van der Waals surface area contributed by atoms with E-state index in [-0.39, 0.29) is 0 Å². The Kier molecular flexibility index (Phi) is 5.80. The molecule has 0 radical (unpaired) electrons. The third-order valence-corrected chi connectivity index (χ3v) is 4.74. The third kappa shape index (κ3) is 4.57. The van der Waals surface area contributed by atoms with Gasteiger partial charge in [0.25, 0.3) is 0 Å². The normalized spacial score (nSPS) is 22.4. The summed E-state index contributed by atoms with van der Waals surface area (Å²) in [5.74, 6) is 0.0783. The quantitative estimate of drug-likeness (QED) is 0.854. The van der Waals surface area contributed by atoms with Crippen molar-refractivity contribution in [3.63, 3.8) is 0 Å². The second-order valence-corrected chi connectivity index (χ2v) is 6.38. The second kappa shape index (κ2) is 7.60. The molecule has 0 spiro atoms. The molecule has 1 saturated carbocycles. The van der Waals surface area contributed by atoms with Crippen LogP contribution in [0.3, 0.4) is 0 Å². The molecule has 0 heterocycles. The van der Waals surface area contributed by atoms with Gasteiger partial charge in [0.1, 0.15) is 0 Å². The Hall–Kier alpha value is -1.35. The molecule has 1 aliphatic rings. The predicted octanol–water partition coefficient (Wildman–Crippen LogP) is 4.18. The lowest BCUT2D eigenvalue weighted by Gasteiger charge is -2.34. The van der Waals surface area contributed by atoms with Crippen molar-refractivity contribution in [2.45, 2.75) is 58.0 Å². The first-order valence-electron chi connectivity index (χ1n) is 8.12. The van der Waals surface area contributed by atoms with Crippen LogP contribution < -0.4 is 0 Å². The first-order valence-corrected chi connectivity index (χ1v) is 8.12. The van der Waals surface area contributed by atoms with Gasteiger partial charge >= 0.3 is 5.97 Å². The van der Waals surface area contributed by atoms with Crippen molar-refractivity contribution in [1.82, 2.24) is 4.90 Å². The maximum Gasteiger partial charge on any atom is 0.335 e. The predicted molar refractivity (Wildman–Crippen MR) is 85.5 cm³/mol. The zero-order valence-electron chi connectivity index (χ0n) is 13.2. The number of carboxylic acids is 1. The van der Waals surface area contributed by atoms with Gasteiger partial charge in [-0.1, -0.05) is 31.9 Å². The molecule has 0 unspecified atom stereocenters. The summed E-state index contributed by atoms with van der Waals surface area (Å²) in [6.07, 6.45) is 7.92. The third-order valence-electron chi connectivity index (χ3n) is 4.74. The Morgan fingerprint density at radius 1 is 1.29 bits per heavy atom. The highest BCUT2D eigenvalue weighted by Crippen LogP contribution is 2.30. The first kappa shape index (κ1) is 16.0. The summed E-state index contributed by atoms with van der Waals surface area (Å²) in [5, 5.41) is 9.06. The Labute approximate surface area is 128 Å². The Morgan fingerprint density at radius 2 is 2.00 bits per heavy atom. The molecule has 0 atom stereocenters. The summed E-state index contributed by atoms with van der Waals surface area (Å²) in [7, 11) is 2.16. The maximum atomic E-state index is 11.0. The SMILES string of the molecule is CCCC1CCC(N(C)Cc2cccc(C(=O)O)c2)CC1.